The van der Waals surface area contributed by atoms with E-state index in [9.17, 15) is 9.59 Å². The Morgan fingerprint density at radius 1 is 1.26 bits per heavy atom. The lowest BCUT2D eigenvalue weighted by Crippen LogP contribution is -2.49. The Hall–Kier alpha value is -2.35. The summed E-state index contributed by atoms with van der Waals surface area (Å²) in [7, 11) is 1.37. The van der Waals surface area contributed by atoms with E-state index in [0.717, 1.165) is 5.56 Å². The summed E-state index contributed by atoms with van der Waals surface area (Å²) >= 11 is 6.22. The lowest BCUT2D eigenvalue weighted by atomic mass is 10.1. The molecule has 0 spiro atoms. The normalized spacial score (nSPS) is 16.6. The van der Waals surface area contributed by atoms with Crippen LogP contribution < -0.4 is 20.1 Å². The minimum atomic E-state index is -0.323. The molecule has 27 heavy (non-hydrogen) atoms. The van der Waals surface area contributed by atoms with E-state index in [1.165, 1.54) is 7.11 Å². The molecule has 2 N–H and O–H groups in total. The lowest BCUT2D eigenvalue weighted by molar-refractivity contribution is 0.110. The molecule has 0 unspecified atom stereocenters. The van der Waals surface area contributed by atoms with E-state index in [-0.39, 0.29) is 18.2 Å². The fraction of sp³-hybridized carbons (Fsp3) is 0.556. The lowest BCUT2D eigenvalue weighted by Gasteiger charge is -2.31. The number of hydrogen-bond acceptors (Lipinski definition) is 5. The molecule has 0 bridgehead atoms. The third-order valence-corrected chi connectivity index (χ3v) is 4.90. The maximum absolute atomic E-state index is 12.1. The van der Waals surface area contributed by atoms with Crippen LogP contribution in [0.2, 0.25) is 5.02 Å². The summed E-state index contributed by atoms with van der Waals surface area (Å²) in [5, 5.41) is 6.31. The van der Waals surface area contributed by atoms with Gasteiger partial charge in [0.2, 0.25) is 0 Å². The molecule has 2 heterocycles. The number of likely N-dealkylation sites (tertiary alicyclic amines) is 1. The summed E-state index contributed by atoms with van der Waals surface area (Å²) in [5.74, 6) is 1.22. The third kappa shape index (κ3) is 5.09. The van der Waals surface area contributed by atoms with E-state index in [4.69, 9.17) is 25.8 Å². The number of halogens is 1. The van der Waals surface area contributed by atoms with Crippen molar-refractivity contribution in [2.45, 2.75) is 25.3 Å². The van der Waals surface area contributed by atoms with Gasteiger partial charge in [0, 0.05) is 25.7 Å². The highest BCUT2D eigenvalue weighted by Gasteiger charge is 2.24. The number of nitrogens with one attached hydrogen (secondary N) is 2. The van der Waals surface area contributed by atoms with E-state index < -0.39 is 0 Å². The Morgan fingerprint density at radius 3 is 2.74 bits per heavy atom. The molecule has 1 aromatic rings. The van der Waals surface area contributed by atoms with Crippen molar-refractivity contribution in [3.05, 3.63) is 22.7 Å². The fourth-order valence-corrected chi connectivity index (χ4v) is 3.49. The number of carbonyl (C=O) groups is 2. The predicted molar refractivity (Wildman–Crippen MR) is 99.7 cm³/mol. The Labute approximate surface area is 163 Å². The number of urea groups is 1. The zero-order valence-electron chi connectivity index (χ0n) is 15.3. The van der Waals surface area contributed by atoms with Gasteiger partial charge in [-0.2, -0.15) is 0 Å². The van der Waals surface area contributed by atoms with E-state index in [1.54, 1.807) is 4.90 Å². The molecule has 1 fully saturated rings. The van der Waals surface area contributed by atoms with Gasteiger partial charge in [-0.25, -0.2) is 9.59 Å². The molecule has 3 rings (SSSR count). The van der Waals surface area contributed by atoms with Gasteiger partial charge in [0.25, 0.3) is 0 Å². The van der Waals surface area contributed by atoms with Gasteiger partial charge < -0.3 is 29.7 Å². The second-order valence-corrected chi connectivity index (χ2v) is 6.89. The molecular weight excluding hydrogens is 374 g/mol. The first kappa shape index (κ1) is 19.4. The van der Waals surface area contributed by atoms with Gasteiger partial charge in [0.1, 0.15) is 13.2 Å². The molecule has 0 atom stereocenters. The summed E-state index contributed by atoms with van der Waals surface area (Å²) < 4.78 is 15.8. The van der Waals surface area contributed by atoms with Crippen molar-refractivity contribution in [1.82, 2.24) is 15.5 Å². The molecule has 8 nitrogen and oxygen atoms in total. The van der Waals surface area contributed by atoms with Crippen LogP contribution in [0.3, 0.4) is 0 Å². The monoisotopic (exact) mass is 397 g/mol. The quantitative estimate of drug-likeness (QED) is 0.812. The van der Waals surface area contributed by atoms with Crippen LogP contribution in [0.5, 0.6) is 11.5 Å². The summed E-state index contributed by atoms with van der Waals surface area (Å²) in [6, 6.07) is 3.56. The van der Waals surface area contributed by atoms with Crippen LogP contribution in [0, 0.1) is 0 Å². The van der Waals surface area contributed by atoms with Crippen LogP contribution in [0.25, 0.3) is 0 Å². The number of benzene rings is 1. The van der Waals surface area contributed by atoms with E-state index in [0.29, 0.717) is 68.6 Å². The largest absolute Gasteiger partial charge is 0.486 e. The van der Waals surface area contributed by atoms with Crippen LogP contribution in [-0.2, 0) is 11.2 Å². The van der Waals surface area contributed by atoms with Crippen molar-refractivity contribution >= 4 is 23.7 Å². The number of piperidine rings is 1. The van der Waals surface area contributed by atoms with Gasteiger partial charge in [-0.15, -0.1) is 0 Å². The average molecular weight is 398 g/mol. The van der Waals surface area contributed by atoms with Gasteiger partial charge in [-0.05, 0) is 37.0 Å². The van der Waals surface area contributed by atoms with Crippen molar-refractivity contribution in [2.24, 2.45) is 0 Å². The number of methoxy groups -OCH3 is 1. The number of hydrogen-bond donors (Lipinski definition) is 2. The van der Waals surface area contributed by atoms with E-state index >= 15 is 0 Å². The first-order valence-corrected chi connectivity index (χ1v) is 9.40. The maximum atomic E-state index is 12.1. The second-order valence-electron chi connectivity index (χ2n) is 6.48. The molecule has 0 aromatic heterocycles. The maximum Gasteiger partial charge on any atom is 0.409 e. The second kappa shape index (κ2) is 9.03. The van der Waals surface area contributed by atoms with Crippen molar-refractivity contribution in [3.8, 4) is 11.5 Å². The molecule has 1 aromatic carbocycles. The number of fused-ring (bicyclic) bond motifs is 1. The highest BCUT2D eigenvalue weighted by Crippen LogP contribution is 2.38. The molecule has 148 valence electrons. The molecule has 0 saturated carbocycles. The van der Waals surface area contributed by atoms with Gasteiger partial charge in [0.15, 0.2) is 11.5 Å². The standard InChI is InChI=1S/C18H24ClN3O5/c1-25-18(24)22-6-3-13(4-7-22)21-17(23)20-5-2-12-10-14(19)16-15(11-12)26-8-9-27-16/h10-11,13H,2-9H2,1H3,(H2,20,21,23). The highest BCUT2D eigenvalue weighted by atomic mass is 35.5. The predicted octanol–water partition coefficient (Wildman–Crippen LogP) is 2.18. The Morgan fingerprint density at radius 2 is 2.00 bits per heavy atom. The van der Waals surface area contributed by atoms with Crippen LogP contribution in [-0.4, -0.2) is 63.0 Å². The Balaban J connectivity index is 1.40. The first-order valence-electron chi connectivity index (χ1n) is 9.02. The summed E-state index contributed by atoms with van der Waals surface area (Å²) in [6.45, 7) is 2.62. The summed E-state index contributed by atoms with van der Waals surface area (Å²) in [5.41, 5.74) is 0.968. The smallest absolute Gasteiger partial charge is 0.409 e. The number of nitrogens with zero attached hydrogens (tertiary/aromatic N) is 1. The number of ether oxygens (including phenoxy) is 3. The molecule has 1 saturated heterocycles. The van der Waals surface area contributed by atoms with Gasteiger partial charge in [-0.1, -0.05) is 11.6 Å². The number of rotatable bonds is 4. The van der Waals surface area contributed by atoms with E-state index in [1.807, 2.05) is 12.1 Å². The highest BCUT2D eigenvalue weighted by molar-refractivity contribution is 6.32. The topological polar surface area (TPSA) is 89.1 Å². The summed E-state index contributed by atoms with van der Waals surface area (Å²) in [6.07, 6.45) is 1.72. The molecule has 2 aliphatic rings. The van der Waals surface area contributed by atoms with Crippen molar-refractivity contribution < 1.29 is 23.8 Å². The van der Waals surface area contributed by atoms with Crippen LogP contribution >= 0.6 is 11.6 Å². The van der Waals surface area contributed by atoms with Gasteiger partial charge in [0.05, 0.1) is 12.1 Å². The minimum Gasteiger partial charge on any atom is -0.486 e. The Kier molecular flexibility index (Phi) is 6.49. The molecular formula is C18H24ClN3O5. The van der Waals surface area contributed by atoms with Crippen LogP contribution in [0.1, 0.15) is 18.4 Å². The molecule has 0 aliphatic carbocycles. The zero-order chi connectivity index (χ0) is 19.2. The number of carbonyl (C=O) groups excluding carboxylic acids is 2. The fourth-order valence-electron chi connectivity index (χ4n) is 3.20. The van der Waals surface area contributed by atoms with Crippen LogP contribution in [0.15, 0.2) is 12.1 Å². The molecule has 3 amide bonds. The SMILES string of the molecule is COC(=O)N1CCC(NC(=O)NCCc2cc(Cl)c3c(c2)OCCO3)CC1. The molecule has 0 radical (unpaired) electrons. The van der Waals surface area contributed by atoms with Gasteiger partial charge in [-0.3, -0.25) is 0 Å². The first-order chi connectivity index (χ1) is 13.1. The van der Waals surface area contributed by atoms with E-state index in [2.05, 4.69) is 10.6 Å². The minimum absolute atomic E-state index is 0.0506. The van der Waals surface area contributed by atoms with Crippen molar-refractivity contribution in [1.29, 1.82) is 0 Å². The summed E-state index contributed by atoms with van der Waals surface area (Å²) in [4.78, 5) is 25.2. The van der Waals surface area contributed by atoms with Gasteiger partial charge >= 0.3 is 12.1 Å². The molecule has 9 heteroatoms. The molecule has 2 aliphatic heterocycles. The number of amides is 3. The average Bonchev–Trinajstić information content (AvgIpc) is 2.68. The van der Waals surface area contributed by atoms with Crippen molar-refractivity contribution in [3.63, 3.8) is 0 Å². The Bertz CT molecular complexity index is 692. The third-order valence-electron chi connectivity index (χ3n) is 4.62. The van der Waals surface area contributed by atoms with Crippen molar-refractivity contribution in [2.75, 3.05) is 40.0 Å². The zero-order valence-corrected chi connectivity index (χ0v) is 16.0. The van der Waals surface area contributed by atoms with Crippen LogP contribution in [0.4, 0.5) is 9.59 Å².